The van der Waals surface area contributed by atoms with E-state index in [1.165, 1.54) is 4.90 Å². The van der Waals surface area contributed by atoms with Crippen molar-refractivity contribution in [2.45, 2.75) is 44.3 Å². The Morgan fingerprint density at radius 2 is 1.96 bits per heavy atom. The smallest absolute Gasteiger partial charge is 0.240 e. The predicted octanol–water partition coefficient (Wildman–Crippen LogP) is 0.378. The van der Waals surface area contributed by atoms with Crippen molar-refractivity contribution in [2.75, 3.05) is 18.5 Å². The first-order valence-corrected chi connectivity index (χ1v) is 8.66. The van der Waals surface area contributed by atoms with Crippen LogP contribution in [0.3, 0.4) is 0 Å². The highest BCUT2D eigenvalue weighted by Gasteiger charge is 2.39. The van der Waals surface area contributed by atoms with Gasteiger partial charge in [-0.05, 0) is 30.5 Å². The highest BCUT2D eigenvalue weighted by Crippen LogP contribution is 2.22. The van der Waals surface area contributed by atoms with Gasteiger partial charge in [-0.1, -0.05) is 12.1 Å². The molecule has 0 bridgehead atoms. The first-order chi connectivity index (χ1) is 12.0. The van der Waals surface area contributed by atoms with Gasteiger partial charge in [0, 0.05) is 38.7 Å². The van der Waals surface area contributed by atoms with E-state index in [0.29, 0.717) is 19.4 Å². The van der Waals surface area contributed by atoms with E-state index in [1.54, 1.807) is 7.05 Å². The lowest BCUT2D eigenvalue weighted by Crippen LogP contribution is -2.40. The molecule has 2 aliphatic heterocycles. The van der Waals surface area contributed by atoms with E-state index >= 15 is 0 Å². The van der Waals surface area contributed by atoms with Crippen molar-refractivity contribution in [3.8, 4) is 0 Å². The Hall–Kier alpha value is -2.41. The minimum atomic E-state index is -0.544. The minimum absolute atomic E-state index is 0.112. The predicted molar refractivity (Wildman–Crippen MR) is 93.6 cm³/mol. The number of primary amides is 1. The number of likely N-dealkylation sites (N-methyl/N-ethyl adjacent to an activating group) is 1. The zero-order valence-corrected chi connectivity index (χ0v) is 14.4. The van der Waals surface area contributed by atoms with Crippen molar-refractivity contribution in [3.05, 3.63) is 29.8 Å². The van der Waals surface area contributed by atoms with Crippen LogP contribution in [0.15, 0.2) is 24.3 Å². The number of carbonyl (C=O) groups excluding carboxylic acids is 3. The number of nitrogens with zero attached hydrogens (tertiary/aromatic N) is 2. The van der Waals surface area contributed by atoms with Gasteiger partial charge in [0.25, 0.3) is 0 Å². The molecule has 3 amide bonds. The van der Waals surface area contributed by atoms with Gasteiger partial charge in [-0.2, -0.15) is 0 Å². The topological polar surface area (TPSA) is 95.7 Å². The highest BCUT2D eigenvalue weighted by atomic mass is 16.2. The number of piperidine rings is 1. The lowest BCUT2D eigenvalue weighted by Gasteiger charge is -2.27. The molecule has 1 aromatic carbocycles. The molecule has 0 aliphatic carbocycles. The molecule has 2 fully saturated rings. The van der Waals surface area contributed by atoms with Crippen LogP contribution < -0.4 is 16.0 Å². The molecule has 0 saturated carbocycles. The fourth-order valence-corrected chi connectivity index (χ4v) is 3.47. The standard InChI is InChI=1S/C18H24N4O3/c1-21-15(17(19)24)10-14(18(21)25)20-11-12-5-7-13(8-6-12)22-9-3-2-4-16(22)23/h5-8,14-15,20H,2-4,9-11H2,1H3,(H2,19,24). The number of nitrogens with one attached hydrogen (secondary N) is 1. The number of benzene rings is 1. The molecule has 2 saturated heterocycles. The number of carbonyl (C=O) groups is 3. The summed E-state index contributed by atoms with van der Waals surface area (Å²) < 4.78 is 0. The lowest BCUT2D eigenvalue weighted by molar-refractivity contribution is -0.133. The summed E-state index contributed by atoms with van der Waals surface area (Å²) in [5, 5.41) is 3.19. The molecule has 0 radical (unpaired) electrons. The molecule has 1 aromatic rings. The summed E-state index contributed by atoms with van der Waals surface area (Å²) in [5.74, 6) is -0.413. The van der Waals surface area contributed by atoms with Gasteiger partial charge in [-0.25, -0.2) is 0 Å². The van der Waals surface area contributed by atoms with Gasteiger partial charge in [0.2, 0.25) is 17.7 Å². The minimum Gasteiger partial charge on any atom is -0.368 e. The molecule has 2 heterocycles. The average Bonchev–Trinajstić information content (AvgIpc) is 2.89. The summed E-state index contributed by atoms with van der Waals surface area (Å²) in [5.41, 5.74) is 7.26. The molecule has 134 valence electrons. The second-order valence-corrected chi connectivity index (χ2v) is 6.71. The molecule has 3 N–H and O–H groups in total. The molecule has 0 aromatic heterocycles. The number of amides is 3. The molecule has 7 nitrogen and oxygen atoms in total. The molecule has 25 heavy (non-hydrogen) atoms. The van der Waals surface area contributed by atoms with Gasteiger partial charge in [0.15, 0.2) is 0 Å². The number of hydrogen-bond donors (Lipinski definition) is 2. The summed E-state index contributed by atoms with van der Waals surface area (Å²) in [6.07, 6.45) is 3.01. The van der Waals surface area contributed by atoms with Gasteiger partial charge < -0.3 is 20.9 Å². The quantitative estimate of drug-likeness (QED) is 0.807. The third kappa shape index (κ3) is 3.66. The van der Waals surface area contributed by atoms with Crippen molar-refractivity contribution in [3.63, 3.8) is 0 Å². The average molecular weight is 344 g/mol. The summed E-state index contributed by atoms with van der Waals surface area (Å²) >= 11 is 0. The van der Waals surface area contributed by atoms with Crippen molar-refractivity contribution >= 4 is 23.4 Å². The Kier molecular flexibility index (Phi) is 5.03. The molecule has 3 rings (SSSR count). The molecule has 2 aliphatic rings. The van der Waals surface area contributed by atoms with E-state index < -0.39 is 18.0 Å². The van der Waals surface area contributed by atoms with E-state index in [4.69, 9.17) is 5.73 Å². The highest BCUT2D eigenvalue weighted by molar-refractivity contribution is 5.94. The van der Waals surface area contributed by atoms with E-state index in [-0.39, 0.29) is 11.8 Å². The van der Waals surface area contributed by atoms with Gasteiger partial charge in [0.05, 0.1) is 6.04 Å². The largest absolute Gasteiger partial charge is 0.368 e. The summed E-state index contributed by atoms with van der Waals surface area (Å²) in [6.45, 7) is 1.29. The molecular formula is C18H24N4O3. The lowest BCUT2D eigenvalue weighted by atomic mass is 10.1. The van der Waals surface area contributed by atoms with Gasteiger partial charge >= 0.3 is 0 Å². The zero-order valence-electron chi connectivity index (χ0n) is 14.4. The molecule has 2 atom stereocenters. The second-order valence-electron chi connectivity index (χ2n) is 6.71. The maximum Gasteiger partial charge on any atom is 0.240 e. The monoisotopic (exact) mass is 344 g/mol. The zero-order chi connectivity index (χ0) is 18.0. The van der Waals surface area contributed by atoms with Crippen molar-refractivity contribution < 1.29 is 14.4 Å². The second kappa shape index (κ2) is 7.23. The first kappa shape index (κ1) is 17.4. The van der Waals surface area contributed by atoms with E-state index in [0.717, 1.165) is 30.6 Å². The fourth-order valence-electron chi connectivity index (χ4n) is 3.47. The summed E-state index contributed by atoms with van der Waals surface area (Å²) in [6, 6.07) is 6.85. The molecule has 2 unspecified atom stereocenters. The van der Waals surface area contributed by atoms with Crippen molar-refractivity contribution in [1.29, 1.82) is 0 Å². The van der Waals surface area contributed by atoms with Gasteiger partial charge in [-0.15, -0.1) is 0 Å². The third-order valence-corrected chi connectivity index (χ3v) is 5.02. The maximum atomic E-state index is 12.1. The molecule has 0 spiro atoms. The van der Waals surface area contributed by atoms with Gasteiger partial charge in [-0.3, -0.25) is 14.4 Å². The Morgan fingerprint density at radius 1 is 1.24 bits per heavy atom. The van der Waals surface area contributed by atoms with Crippen LogP contribution in [0.5, 0.6) is 0 Å². The van der Waals surface area contributed by atoms with Gasteiger partial charge in [0.1, 0.15) is 6.04 Å². The number of hydrogen-bond acceptors (Lipinski definition) is 4. The third-order valence-electron chi connectivity index (χ3n) is 5.02. The van der Waals surface area contributed by atoms with Crippen LogP contribution >= 0.6 is 0 Å². The summed E-state index contributed by atoms with van der Waals surface area (Å²) in [4.78, 5) is 38.7. The van der Waals surface area contributed by atoms with Crippen LogP contribution in [0.2, 0.25) is 0 Å². The summed E-state index contributed by atoms with van der Waals surface area (Å²) in [7, 11) is 1.60. The van der Waals surface area contributed by atoms with Crippen LogP contribution in [-0.2, 0) is 20.9 Å². The fraction of sp³-hybridized carbons (Fsp3) is 0.500. The Bertz CT molecular complexity index is 673. The van der Waals surface area contributed by atoms with E-state index in [9.17, 15) is 14.4 Å². The van der Waals surface area contributed by atoms with Crippen LogP contribution in [-0.4, -0.2) is 48.3 Å². The SMILES string of the molecule is CN1C(=O)C(NCc2ccc(N3CCCCC3=O)cc2)CC1C(N)=O. The van der Waals surface area contributed by atoms with Crippen molar-refractivity contribution in [2.24, 2.45) is 5.73 Å². The Labute approximate surface area is 147 Å². The van der Waals surface area contributed by atoms with E-state index in [2.05, 4.69) is 5.32 Å². The van der Waals surface area contributed by atoms with Crippen LogP contribution in [0.4, 0.5) is 5.69 Å². The number of likely N-dealkylation sites (tertiary alicyclic amines) is 1. The first-order valence-electron chi connectivity index (χ1n) is 8.66. The normalized spacial score (nSPS) is 24.0. The Balaban J connectivity index is 1.58. The van der Waals surface area contributed by atoms with Crippen LogP contribution in [0, 0.1) is 0 Å². The number of nitrogens with two attached hydrogens (primary N) is 1. The van der Waals surface area contributed by atoms with Crippen LogP contribution in [0.1, 0.15) is 31.2 Å². The number of rotatable bonds is 5. The van der Waals surface area contributed by atoms with Crippen LogP contribution in [0.25, 0.3) is 0 Å². The molecular weight excluding hydrogens is 320 g/mol. The number of anilines is 1. The maximum absolute atomic E-state index is 12.1. The van der Waals surface area contributed by atoms with E-state index in [1.807, 2.05) is 29.2 Å². The van der Waals surface area contributed by atoms with Crippen molar-refractivity contribution in [1.82, 2.24) is 10.2 Å². The molecule has 7 heteroatoms. The Morgan fingerprint density at radius 3 is 2.56 bits per heavy atom.